The van der Waals surface area contributed by atoms with E-state index < -0.39 is 0 Å². The van der Waals surface area contributed by atoms with Crippen molar-refractivity contribution in [1.29, 1.82) is 0 Å². The number of unbranched alkanes of at least 4 members (excludes halogenated alkanes) is 2. The average molecular weight is 372 g/mol. The monoisotopic (exact) mass is 371 g/mol. The molecule has 0 aliphatic heterocycles. The zero-order valence-electron chi connectivity index (χ0n) is 17.1. The predicted molar refractivity (Wildman–Crippen MR) is 112 cm³/mol. The molecule has 6 nitrogen and oxygen atoms in total. The highest BCUT2D eigenvalue weighted by Gasteiger charge is 2.11. The summed E-state index contributed by atoms with van der Waals surface area (Å²) in [4.78, 5) is 10.9. The summed E-state index contributed by atoms with van der Waals surface area (Å²) in [6.07, 6.45) is 4.29. The van der Waals surface area contributed by atoms with Gasteiger partial charge in [0.25, 0.3) is 0 Å². The lowest BCUT2D eigenvalue weighted by Crippen LogP contribution is -2.19. The van der Waals surface area contributed by atoms with Crippen LogP contribution < -0.4 is 15.8 Å². The highest BCUT2D eigenvalue weighted by molar-refractivity contribution is 5.51. The van der Waals surface area contributed by atoms with Gasteiger partial charge < -0.3 is 20.7 Å². The third-order valence-corrected chi connectivity index (χ3v) is 4.42. The largest absolute Gasteiger partial charge is 0.492 e. The van der Waals surface area contributed by atoms with Crippen molar-refractivity contribution in [2.45, 2.75) is 39.5 Å². The number of nitrogens with zero attached hydrogens (tertiary/aromatic N) is 3. The molecule has 2 rings (SSSR count). The van der Waals surface area contributed by atoms with E-state index in [4.69, 9.17) is 10.5 Å². The Labute approximate surface area is 163 Å². The minimum atomic E-state index is 0.318. The summed E-state index contributed by atoms with van der Waals surface area (Å²) in [6, 6.07) is 8.24. The Balaban J connectivity index is 2.04. The van der Waals surface area contributed by atoms with Gasteiger partial charge in [0, 0.05) is 30.8 Å². The van der Waals surface area contributed by atoms with Crippen LogP contribution in [0.1, 0.15) is 43.0 Å². The Morgan fingerprint density at radius 1 is 1.11 bits per heavy atom. The standard InChI is InChI=1S/C21H33N5O/c1-5-6-7-12-23-20-19(16(2)24-21(22)25-20)15-17-8-10-18(11-9-17)27-14-13-26(3)4/h8-11H,5-7,12-15H2,1-4H3,(H3,22,23,24,25). The molecule has 0 aliphatic rings. The van der Waals surface area contributed by atoms with Gasteiger partial charge in [0.15, 0.2) is 0 Å². The number of nitrogens with one attached hydrogen (secondary N) is 1. The molecule has 0 amide bonds. The summed E-state index contributed by atoms with van der Waals surface area (Å²) < 4.78 is 5.77. The van der Waals surface area contributed by atoms with E-state index in [9.17, 15) is 0 Å². The maximum atomic E-state index is 5.86. The molecular formula is C21H33N5O. The zero-order chi connectivity index (χ0) is 19.6. The molecule has 148 valence electrons. The van der Waals surface area contributed by atoms with Gasteiger partial charge in [-0.2, -0.15) is 4.98 Å². The number of ether oxygens (including phenoxy) is 1. The van der Waals surface area contributed by atoms with E-state index in [0.29, 0.717) is 12.6 Å². The van der Waals surface area contributed by atoms with Crippen molar-refractivity contribution >= 4 is 11.8 Å². The van der Waals surface area contributed by atoms with Crippen molar-refractivity contribution in [3.63, 3.8) is 0 Å². The second kappa shape index (κ2) is 10.7. The van der Waals surface area contributed by atoms with Crippen molar-refractivity contribution in [2.75, 3.05) is 44.8 Å². The van der Waals surface area contributed by atoms with E-state index in [1.54, 1.807) is 0 Å². The Morgan fingerprint density at radius 3 is 2.52 bits per heavy atom. The topological polar surface area (TPSA) is 76.3 Å². The summed E-state index contributed by atoms with van der Waals surface area (Å²) in [5.41, 5.74) is 9.08. The molecule has 0 bridgehead atoms. The van der Waals surface area contributed by atoms with Crippen LogP contribution in [0.25, 0.3) is 0 Å². The third-order valence-electron chi connectivity index (χ3n) is 4.42. The van der Waals surface area contributed by atoms with Crippen molar-refractivity contribution in [3.05, 3.63) is 41.1 Å². The molecule has 0 atom stereocenters. The van der Waals surface area contributed by atoms with Crippen LogP contribution in [-0.2, 0) is 6.42 Å². The maximum Gasteiger partial charge on any atom is 0.222 e. The van der Waals surface area contributed by atoms with E-state index in [0.717, 1.165) is 48.8 Å². The van der Waals surface area contributed by atoms with Gasteiger partial charge >= 0.3 is 0 Å². The average Bonchev–Trinajstić information content (AvgIpc) is 2.62. The van der Waals surface area contributed by atoms with Crippen LogP contribution in [-0.4, -0.2) is 48.7 Å². The molecular weight excluding hydrogens is 338 g/mol. The van der Waals surface area contributed by atoms with Gasteiger partial charge in [0.2, 0.25) is 5.95 Å². The van der Waals surface area contributed by atoms with E-state index >= 15 is 0 Å². The summed E-state index contributed by atoms with van der Waals surface area (Å²) in [5, 5.41) is 3.44. The van der Waals surface area contributed by atoms with Gasteiger partial charge in [0.05, 0.1) is 0 Å². The fourth-order valence-corrected chi connectivity index (χ4v) is 2.81. The minimum absolute atomic E-state index is 0.318. The molecule has 0 radical (unpaired) electrons. The quantitative estimate of drug-likeness (QED) is 0.589. The lowest BCUT2D eigenvalue weighted by molar-refractivity contribution is 0.261. The number of nitrogen functional groups attached to an aromatic ring is 1. The van der Waals surface area contributed by atoms with Gasteiger partial charge in [-0.3, -0.25) is 0 Å². The number of aryl methyl sites for hydroxylation is 1. The Hall–Kier alpha value is -2.34. The first kappa shape index (κ1) is 21.0. The number of rotatable bonds is 11. The second-order valence-electron chi connectivity index (χ2n) is 7.10. The van der Waals surface area contributed by atoms with Crippen molar-refractivity contribution in [3.8, 4) is 5.75 Å². The number of benzene rings is 1. The first-order valence-corrected chi connectivity index (χ1v) is 9.73. The smallest absolute Gasteiger partial charge is 0.222 e. The highest BCUT2D eigenvalue weighted by Crippen LogP contribution is 2.22. The number of anilines is 2. The number of nitrogens with two attached hydrogens (primary N) is 1. The normalized spacial score (nSPS) is 11.0. The van der Waals surface area contributed by atoms with Crippen LogP contribution >= 0.6 is 0 Å². The molecule has 0 spiro atoms. The van der Waals surface area contributed by atoms with E-state index in [1.165, 1.54) is 18.4 Å². The van der Waals surface area contributed by atoms with Crippen LogP contribution in [0.5, 0.6) is 5.75 Å². The predicted octanol–water partition coefficient (Wildman–Crippen LogP) is 3.50. The molecule has 0 saturated carbocycles. The molecule has 1 heterocycles. The molecule has 0 fully saturated rings. The van der Waals surface area contributed by atoms with Gasteiger partial charge in [-0.1, -0.05) is 31.9 Å². The number of likely N-dealkylation sites (N-methyl/N-ethyl adjacent to an activating group) is 1. The molecule has 0 unspecified atom stereocenters. The van der Waals surface area contributed by atoms with Crippen molar-refractivity contribution in [1.82, 2.24) is 14.9 Å². The molecule has 0 saturated heterocycles. The molecule has 2 aromatic rings. The van der Waals surface area contributed by atoms with Gasteiger partial charge in [0.1, 0.15) is 18.2 Å². The van der Waals surface area contributed by atoms with Gasteiger partial charge in [-0.25, -0.2) is 4.98 Å². The van der Waals surface area contributed by atoms with Crippen LogP contribution in [0.3, 0.4) is 0 Å². The minimum Gasteiger partial charge on any atom is -0.492 e. The second-order valence-corrected chi connectivity index (χ2v) is 7.10. The molecule has 3 N–H and O–H groups in total. The van der Waals surface area contributed by atoms with E-state index in [2.05, 4.69) is 39.2 Å². The highest BCUT2D eigenvalue weighted by atomic mass is 16.5. The summed E-state index contributed by atoms with van der Waals surface area (Å²) in [7, 11) is 4.08. The summed E-state index contributed by atoms with van der Waals surface area (Å²) in [5.74, 6) is 2.06. The molecule has 27 heavy (non-hydrogen) atoms. The van der Waals surface area contributed by atoms with Gasteiger partial charge in [-0.05, 0) is 45.1 Å². The first-order valence-electron chi connectivity index (χ1n) is 9.73. The zero-order valence-corrected chi connectivity index (χ0v) is 17.1. The number of hydrogen-bond acceptors (Lipinski definition) is 6. The molecule has 0 aliphatic carbocycles. The van der Waals surface area contributed by atoms with Crippen LogP contribution in [0, 0.1) is 6.92 Å². The first-order chi connectivity index (χ1) is 13.0. The van der Waals surface area contributed by atoms with Crippen LogP contribution in [0.4, 0.5) is 11.8 Å². The third kappa shape index (κ3) is 7.06. The SMILES string of the molecule is CCCCCNc1nc(N)nc(C)c1Cc1ccc(OCCN(C)C)cc1. The van der Waals surface area contributed by atoms with Crippen LogP contribution in [0.15, 0.2) is 24.3 Å². The number of hydrogen-bond donors (Lipinski definition) is 2. The van der Waals surface area contributed by atoms with Crippen LogP contribution in [0.2, 0.25) is 0 Å². The van der Waals surface area contributed by atoms with E-state index in [1.807, 2.05) is 33.2 Å². The maximum absolute atomic E-state index is 5.86. The number of aromatic nitrogens is 2. The lowest BCUT2D eigenvalue weighted by atomic mass is 10.0. The summed E-state index contributed by atoms with van der Waals surface area (Å²) in [6.45, 7) is 6.67. The Morgan fingerprint density at radius 2 is 1.85 bits per heavy atom. The van der Waals surface area contributed by atoms with Gasteiger partial charge in [-0.15, -0.1) is 0 Å². The molecule has 1 aromatic heterocycles. The summed E-state index contributed by atoms with van der Waals surface area (Å²) >= 11 is 0. The van der Waals surface area contributed by atoms with E-state index in [-0.39, 0.29) is 0 Å². The fourth-order valence-electron chi connectivity index (χ4n) is 2.81. The van der Waals surface area contributed by atoms with Crippen molar-refractivity contribution in [2.24, 2.45) is 0 Å². The molecule has 1 aromatic carbocycles. The fraction of sp³-hybridized carbons (Fsp3) is 0.524. The Kier molecular flexibility index (Phi) is 8.33. The lowest BCUT2D eigenvalue weighted by Gasteiger charge is -2.14. The Bertz CT molecular complexity index is 700. The van der Waals surface area contributed by atoms with Crippen molar-refractivity contribution < 1.29 is 4.74 Å². The molecule has 6 heteroatoms.